The molecular formula is C30H24N4O2S2. The summed E-state index contributed by atoms with van der Waals surface area (Å²) in [5.74, 6) is 1.09. The average Bonchev–Trinajstić information content (AvgIpc) is 3.34. The van der Waals surface area contributed by atoms with Gasteiger partial charge in [0.15, 0.2) is 5.13 Å². The number of hydrogen-bond acceptors (Lipinski definition) is 7. The molecule has 0 saturated carbocycles. The fourth-order valence-corrected chi connectivity index (χ4v) is 5.92. The van der Waals surface area contributed by atoms with Crippen molar-refractivity contribution >= 4 is 44.4 Å². The summed E-state index contributed by atoms with van der Waals surface area (Å²) in [5.41, 5.74) is 5.93. The van der Waals surface area contributed by atoms with Gasteiger partial charge in [-0.3, -0.25) is 4.79 Å². The topological polar surface area (TPSA) is 87.9 Å². The van der Waals surface area contributed by atoms with Crippen LogP contribution < -0.4 is 10.1 Å². The maximum Gasteiger partial charge on any atom is 0.226 e. The molecule has 1 amide bonds. The van der Waals surface area contributed by atoms with E-state index in [0.29, 0.717) is 21.5 Å². The van der Waals surface area contributed by atoms with Crippen LogP contribution in [0.2, 0.25) is 0 Å². The van der Waals surface area contributed by atoms with Crippen LogP contribution in [0, 0.1) is 18.3 Å². The van der Waals surface area contributed by atoms with Crippen LogP contribution in [0.1, 0.15) is 17.5 Å². The van der Waals surface area contributed by atoms with Gasteiger partial charge in [-0.25, -0.2) is 9.97 Å². The molecule has 0 aliphatic heterocycles. The van der Waals surface area contributed by atoms with Gasteiger partial charge in [-0.1, -0.05) is 59.9 Å². The van der Waals surface area contributed by atoms with Gasteiger partial charge in [0.25, 0.3) is 0 Å². The predicted octanol–water partition coefficient (Wildman–Crippen LogP) is 7.33. The van der Waals surface area contributed by atoms with E-state index in [2.05, 4.69) is 22.4 Å². The van der Waals surface area contributed by atoms with Crippen molar-refractivity contribution in [1.82, 2.24) is 9.97 Å². The highest BCUT2D eigenvalue weighted by Gasteiger charge is 2.17. The number of thioether (sulfide) groups is 1. The molecule has 0 spiro atoms. The Labute approximate surface area is 229 Å². The fourth-order valence-electron chi connectivity index (χ4n) is 4.00. The van der Waals surface area contributed by atoms with Crippen molar-refractivity contribution in [3.63, 3.8) is 0 Å². The molecule has 38 heavy (non-hydrogen) atoms. The summed E-state index contributed by atoms with van der Waals surface area (Å²) in [5, 5.41) is 14.2. The molecule has 0 unspecified atom stereocenters. The van der Waals surface area contributed by atoms with Crippen LogP contribution in [-0.2, 0) is 4.79 Å². The maximum absolute atomic E-state index is 12.7. The molecule has 0 bridgehead atoms. The van der Waals surface area contributed by atoms with E-state index in [1.165, 1.54) is 23.1 Å². The number of aromatic nitrogens is 2. The zero-order chi connectivity index (χ0) is 26.5. The second kappa shape index (κ2) is 11.5. The lowest BCUT2D eigenvalue weighted by molar-refractivity contribution is -0.115. The number of pyridine rings is 1. The standard InChI is InChI=1S/C30H24N4O2S2/c1-19-8-13-25-27(16-19)38-30(33-25)34-28(35)14-15-37-29-24(18-31)23(20-9-11-22(36-2)12-10-20)17-26(32-29)21-6-4-3-5-7-21/h3-13,16-17H,14-15H2,1-2H3,(H,33,34,35). The molecule has 0 saturated heterocycles. The van der Waals surface area contributed by atoms with Crippen LogP contribution in [0.15, 0.2) is 83.9 Å². The Hall–Kier alpha value is -4.19. The van der Waals surface area contributed by atoms with Crippen LogP contribution in [-0.4, -0.2) is 28.7 Å². The summed E-state index contributed by atoms with van der Waals surface area (Å²) in [4.78, 5) is 22.0. The number of carbonyl (C=O) groups is 1. The van der Waals surface area contributed by atoms with Gasteiger partial charge < -0.3 is 10.1 Å². The molecule has 5 aromatic rings. The summed E-state index contributed by atoms with van der Waals surface area (Å²) < 4.78 is 6.34. The van der Waals surface area contributed by atoms with E-state index in [4.69, 9.17) is 9.72 Å². The molecule has 6 nitrogen and oxygen atoms in total. The number of thiazole rings is 1. The van der Waals surface area contributed by atoms with E-state index < -0.39 is 0 Å². The third kappa shape index (κ3) is 5.70. The Kier molecular flexibility index (Phi) is 7.68. The van der Waals surface area contributed by atoms with Crippen molar-refractivity contribution in [3.05, 3.63) is 90.0 Å². The number of nitrogens with zero attached hydrogens (tertiary/aromatic N) is 3. The van der Waals surface area contributed by atoms with Crippen LogP contribution in [0.3, 0.4) is 0 Å². The molecule has 0 atom stereocenters. The molecular weight excluding hydrogens is 512 g/mol. The van der Waals surface area contributed by atoms with Gasteiger partial charge in [0.1, 0.15) is 16.8 Å². The lowest BCUT2D eigenvalue weighted by Gasteiger charge is -2.13. The number of ether oxygens (including phenoxy) is 1. The highest BCUT2D eigenvalue weighted by Crippen LogP contribution is 2.35. The number of nitriles is 1. The van der Waals surface area contributed by atoms with Crippen molar-refractivity contribution < 1.29 is 9.53 Å². The summed E-state index contributed by atoms with van der Waals surface area (Å²) in [7, 11) is 1.62. The number of fused-ring (bicyclic) bond motifs is 1. The summed E-state index contributed by atoms with van der Waals surface area (Å²) in [6.45, 7) is 2.03. The zero-order valence-electron chi connectivity index (χ0n) is 20.9. The SMILES string of the molecule is COc1ccc(-c2cc(-c3ccccc3)nc(SCCC(=O)Nc3nc4ccc(C)cc4s3)c2C#N)cc1. The highest BCUT2D eigenvalue weighted by molar-refractivity contribution is 7.99. The number of rotatable bonds is 8. The molecule has 8 heteroatoms. The minimum Gasteiger partial charge on any atom is -0.497 e. The first-order valence-electron chi connectivity index (χ1n) is 12.0. The number of aryl methyl sites for hydroxylation is 1. The number of benzene rings is 3. The van der Waals surface area contributed by atoms with Gasteiger partial charge in [-0.15, -0.1) is 11.8 Å². The number of carbonyl (C=O) groups excluding carboxylic acids is 1. The number of anilines is 1. The number of hydrogen-bond donors (Lipinski definition) is 1. The first-order valence-corrected chi connectivity index (χ1v) is 13.8. The van der Waals surface area contributed by atoms with Gasteiger partial charge in [-0.2, -0.15) is 5.26 Å². The Morgan fingerprint density at radius 1 is 1.03 bits per heavy atom. The lowest BCUT2D eigenvalue weighted by Crippen LogP contribution is -2.12. The number of amides is 1. The summed E-state index contributed by atoms with van der Waals surface area (Å²) in [6.07, 6.45) is 0.263. The molecule has 188 valence electrons. The van der Waals surface area contributed by atoms with E-state index in [1.54, 1.807) is 7.11 Å². The third-order valence-electron chi connectivity index (χ3n) is 5.93. The molecule has 0 radical (unpaired) electrons. The molecule has 3 aromatic carbocycles. The van der Waals surface area contributed by atoms with Gasteiger partial charge in [0.05, 0.1) is 28.6 Å². The van der Waals surface area contributed by atoms with E-state index in [1.807, 2.05) is 79.7 Å². The quantitative estimate of drug-likeness (QED) is 0.209. The third-order valence-corrected chi connectivity index (χ3v) is 7.84. The van der Waals surface area contributed by atoms with Gasteiger partial charge in [0.2, 0.25) is 5.91 Å². The minimum atomic E-state index is -0.124. The van der Waals surface area contributed by atoms with Crippen molar-refractivity contribution in [1.29, 1.82) is 5.26 Å². The molecule has 5 rings (SSSR count). The average molecular weight is 537 g/mol. The second-order valence-corrected chi connectivity index (χ2v) is 10.7. The Balaban J connectivity index is 1.37. The van der Waals surface area contributed by atoms with Gasteiger partial charge in [0, 0.05) is 23.3 Å². The van der Waals surface area contributed by atoms with Crippen LogP contribution in [0.5, 0.6) is 5.75 Å². The molecule has 2 heterocycles. The largest absolute Gasteiger partial charge is 0.497 e. The second-order valence-electron chi connectivity index (χ2n) is 8.58. The summed E-state index contributed by atoms with van der Waals surface area (Å²) >= 11 is 2.87. The van der Waals surface area contributed by atoms with E-state index in [0.717, 1.165) is 43.9 Å². The fraction of sp³-hybridized carbons (Fsp3) is 0.133. The Morgan fingerprint density at radius 3 is 2.55 bits per heavy atom. The first kappa shape index (κ1) is 25.5. The first-order chi connectivity index (χ1) is 18.5. The molecule has 0 aliphatic rings. The smallest absolute Gasteiger partial charge is 0.226 e. The molecule has 1 N–H and O–H groups in total. The van der Waals surface area contributed by atoms with Gasteiger partial charge >= 0.3 is 0 Å². The normalized spacial score (nSPS) is 10.8. The van der Waals surface area contributed by atoms with E-state index >= 15 is 0 Å². The monoisotopic (exact) mass is 536 g/mol. The Morgan fingerprint density at radius 2 is 1.82 bits per heavy atom. The molecule has 2 aromatic heterocycles. The lowest BCUT2D eigenvalue weighted by atomic mass is 9.99. The van der Waals surface area contributed by atoms with Crippen molar-refractivity contribution in [2.45, 2.75) is 18.4 Å². The number of nitrogens with one attached hydrogen (secondary N) is 1. The number of methoxy groups -OCH3 is 1. The minimum absolute atomic E-state index is 0.124. The van der Waals surface area contributed by atoms with Crippen molar-refractivity contribution in [2.75, 3.05) is 18.2 Å². The van der Waals surface area contributed by atoms with Crippen molar-refractivity contribution in [2.24, 2.45) is 0 Å². The van der Waals surface area contributed by atoms with Gasteiger partial charge in [-0.05, 0) is 48.4 Å². The summed E-state index contributed by atoms with van der Waals surface area (Å²) in [6, 6.07) is 27.8. The van der Waals surface area contributed by atoms with E-state index in [9.17, 15) is 10.1 Å². The predicted molar refractivity (Wildman–Crippen MR) is 155 cm³/mol. The zero-order valence-corrected chi connectivity index (χ0v) is 22.5. The molecule has 0 aliphatic carbocycles. The van der Waals surface area contributed by atoms with Crippen LogP contribution >= 0.6 is 23.1 Å². The molecule has 0 fully saturated rings. The Bertz CT molecular complexity index is 1640. The maximum atomic E-state index is 12.7. The van der Waals surface area contributed by atoms with Crippen LogP contribution in [0.4, 0.5) is 5.13 Å². The van der Waals surface area contributed by atoms with E-state index in [-0.39, 0.29) is 12.3 Å². The highest BCUT2D eigenvalue weighted by atomic mass is 32.2. The van der Waals surface area contributed by atoms with Crippen LogP contribution in [0.25, 0.3) is 32.6 Å². The van der Waals surface area contributed by atoms with Crippen molar-refractivity contribution in [3.8, 4) is 34.2 Å².